The van der Waals surface area contributed by atoms with Crippen LogP contribution in [0.5, 0.6) is 0 Å². The van der Waals surface area contributed by atoms with Crippen LogP contribution in [0.2, 0.25) is 0 Å². The van der Waals surface area contributed by atoms with Gasteiger partial charge in [-0.3, -0.25) is 9.59 Å². The first-order valence-corrected chi connectivity index (χ1v) is 10.5. The summed E-state index contributed by atoms with van der Waals surface area (Å²) >= 11 is 0. The summed E-state index contributed by atoms with van der Waals surface area (Å²) in [6, 6.07) is 7.16. The Balaban J connectivity index is 1.61. The standard InChI is InChI=1S/C19H19F3N2O5S/c20-19(21,22)14-4-1-2-6-17(14)30(27,28)24-10-7-13(8-11-24)18(26)29-12-16(25)15-5-3-9-23-15/h1-6,9,13,23H,7-8,10-12H2. The molecule has 0 aliphatic carbocycles. The number of hydrogen-bond acceptors (Lipinski definition) is 5. The van der Waals surface area contributed by atoms with Crippen molar-refractivity contribution in [1.82, 2.24) is 9.29 Å². The molecule has 2 heterocycles. The summed E-state index contributed by atoms with van der Waals surface area (Å²) in [6.45, 7) is -0.700. The normalized spacial score (nSPS) is 16.4. The summed E-state index contributed by atoms with van der Waals surface area (Å²) in [5.41, 5.74) is -0.929. The van der Waals surface area contributed by atoms with E-state index >= 15 is 0 Å². The highest BCUT2D eigenvalue weighted by atomic mass is 32.2. The number of benzene rings is 1. The van der Waals surface area contributed by atoms with E-state index in [0.29, 0.717) is 5.69 Å². The molecule has 0 amide bonds. The zero-order valence-electron chi connectivity index (χ0n) is 15.7. The molecule has 11 heteroatoms. The molecule has 1 aliphatic heterocycles. The zero-order chi connectivity index (χ0) is 21.9. The Morgan fingerprint density at radius 1 is 1.10 bits per heavy atom. The first-order valence-electron chi connectivity index (χ1n) is 9.10. The van der Waals surface area contributed by atoms with Crippen molar-refractivity contribution in [2.75, 3.05) is 19.7 Å². The van der Waals surface area contributed by atoms with Gasteiger partial charge in [-0.1, -0.05) is 12.1 Å². The lowest BCUT2D eigenvalue weighted by Crippen LogP contribution is -2.41. The van der Waals surface area contributed by atoms with Crippen molar-refractivity contribution in [2.45, 2.75) is 23.9 Å². The number of hydrogen-bond donors (Lipinski definition) is 1. The molecule has 7 nitrogen and oxygen atoms in total. The van der Waals surface area contributed by atoms with Crippen molar-refractivity contribution in [3.63, 3.8) is 0 Å². The Morgan fingerprint density at radius 3 is 2.37 bits per heavy atom. The van der Waals surface area contributed by atoms with Crippen molar-refractivity contribution in [3.8, 4) is 0 Å². The van der Waals surface area contributed by atoms with Crippen LogP contribution in [0, 0.1) is 5.92 Å². The number of H-pyrrole nitrogens is 1. The molecule has 1 aromatic heterocycles. The summed E-state index contributed by atoms with van der Waals surface area (Å²) in [4.78, 5) is 25.9. The van der Waals surface area contributed by atoms with Crippen LogP contribution in [0.4, 0.5) is 13.2 Å². The highest BCUT2D eigenvalue weighted by Crippen LogP contribution is 2.36. The smallest absolute Gasteiger partial charge is 0.417 e. The highest BCUT2D eigenvalue weighted by molar-refractivity contribution is 7.89. The molecular formula is C19H19F3N2O5S. The number of aromatic amines is 1. The van der Waals surface area contributed by atoms with Crippen molar-refractivity contribution < 1.29 is 35.9 Å². The van der Waals surface area contributed by atoms with Gasteiger partial charge in [-0.2, -0.15) is 17.5 Å². The van der Waals surface area contributed by atoms with Gasteiger partial charge >= 0.3 is 12.1 Å². The van der Waals surface area contributed by atoms with Gasteiger partial charge in [-0.05, 0) is 37.1 Å². The van der Waals surface area contributed by atoms with Crippen molar-refractivity contribution in [1.29, 1.82) is 0 Å². The molecule has 0 atom stereocenters. The van der Waals surface area contributed by atoms with Crippen molar-refractivity contribution in [2.24, 2.45) is 5.92 Å². The van der Waals surface area contributed by atoms with Gasteiger partial charge in [0.1, 0.15) is 0 Å². The van der Waals surface area contributed by atoms with E-state index in [4.69, 9.17) is 4.74 Å². The number of alkyl halides is 3. The third-order valence-electron chi connectivity index (χ3n) is 4.84. The molecule has 2 aromatic rings. The molecule has 162 valence electrons. The summed E-state index contributed by atoms with van der Waals surface area (Å²) in [6.07, 6.45) is -3.08. The second kappa shape index (κ2) is 8.60. The zero-order valence-corrected chi connectivity index (χ0v) is 16.5. The van der Waals surface area contributed by atoms with Crippen LogP contribution >= 0.6 is 0 Å². The van der Waals surface area contributed by atoms with Gasteiger partial charge in [0.15, 0.2) is 6.61 Å². The summed E-state index contributed by atoms with van der Waals surface area (Å²) in [5, 5.41) is 0. The van der Waals surface area contributed by atoms with E-state index in [-0.39, 0.29) is 25.9 Å². The topological polar surface area (TPSA) is 96.5 Å². The van der Waals surface area contributed by atoms with Crippen molar-refractivity contribution in [3.05, 3.63) is 53.9 Å². The van der Waals surface area contributed by atoms with Crippen molar-refractivity contribution >= 4 is 21.8 Å². The fourth-order valence-corrected chi connectivity index (χ4v) is 4.91. The number of halogens is 3. The number of carbonyl (C=O) groups excluding carboxylic acids is 2. The molecule has 0 bridgehead atoms. The summed E-state index contributed by atoms with van der Waals surface area (Å²) < 4.78 is 71.0. The van der Waals surface area contributed by atoms with E-state index in [1.54, 1.807) is 12.3 Å². The second-order valence-electron chi connectivity index (χ2n) is 6.79. The average molecular weight is 444 g/mol. The number of rotatable bonds is 6. The minimum Gasteiger partial charge on any atom is -0.457 e. The largest absolute Gasteiger partial charge is 0.457 e. The van der Waals surface area contributed by atoms with Gasteiger partial charge in [-0.15, -0.1) is 0 Å². The summed E-state index contributed by atoms with van der Waals surface area (Å²) in [5.74, 6) is -1.68. The van der Waals surface area contributed by atoms with E-state index < -0.39 is 50.9 Å². The van der Waals surface area contributed by atoms with E-state index in [9.17, 15) is 31.2 Å². The predicted octanol–water partition coefficient (Wildman–Crippen LogP) is 2.86. The third kappa shape index (κ3) is 4.73. The SMILES string of the molecule is O=C(COC(=O)C1CCN(S(=O)(=O)c2ccccc2C(F)(F)F)CC1)c1ccc[nH]1. The number of aromatic nitrogens is 1. The Kier molecular flexibility index (Phi) is 6.32. The monoisotopic (exact) mass is 444 g/mol. The van der Waals surface area contributed by atoms with Crippen LogP contribution in [0.25, 0.3) is 0 Å². The molecule has 1 saturated heterocycles. The number of carbonyl (C=O) groups is 2. The van der Waals surface area contributed by atoms with Crippen LogP contribution < -0.4 is 0 Å². The molecule has 1 N–H and O–H groups in total. The lowest BCUT2D eigenvalue weighted by molar-refractivity contribution is -0.148. The predicted molar refractivity (Wildman–Crippen MR) is 99.0 cm³/mol. The van der Waals surface area contributed by atoms with Crippen LogP contribution in [0.3, 0.4) is 0 Å². The average Bonchev–Trinajstić information content (AvgIpc) is 3.26. The van der Waals surface area contributed by atoms with Gasteiger partial charge in [0.25, 0.3) is 0 Å². The number of Topliss-reactive ketones (excluding diaryl/α,β-unsaturated/α-hetero) is 1. The number of ketones is 1. The number of sulfonamides is 1. The first-order chi connectivity index (χ1) is 14.1. The molecule has 0 saturated carbocycles. The maximum Gasteiger partial charge on any atom is 0.417 e. The quantitative estimate of drug-likeness (QED) is 0.546. The van der Waals surface area contributed by atoms with E-state index in [1.807, 2.05) is 0 Å². The number of nitrogens with one attached hydrogen (secondary N) is 1. The molecule has 0 spiro atoms. The summed E-state index contributed by atoms with van der Waals surface area (Å²) in [7, 11) is -4.38. The molecule has 3 rings (SSSR count). The van der Waals surface area contributed by atoms with Gasteiger partial charge in [0, 0.05) is 19.3 Å². The maximum absolute atomic E-state index is 13.2. The van der Waals surface area contributed by atoms with Gasteiger partial charge in [0.2, 0.25) is 15.8 Å². The second-order valence-corrected chi connectivity index (χ2v) is 8.69. The fraction of sp³-hybridized carbons (Fsp3) is 0.368. The third-order valence-corrected chi connectivity index (χ3v) is 6.80. The Labute approximate surface area is 170 Å². The van der Waals surface area contributed by atoms with Crippen LogP contribution in [0.15, 0.2) is 47.5 Å². The molecule has 1 aromatic carbocycles. The molecule has 0 radical (unpaired) electrons. The van der Waals surface area contributed by atoms with E-state index in [2.05, 4.69) is 4.98 Å². The number of piperidine rings is 1. The minimum atomic E-state index is -4.81. The van der Waals surface area contributed by atoms with Gasteiger partial charge < -0.3 is 9.72 Å². The van der Waals surface area contributed by atoms with Gasteiger partial charge in [0.05, 0.1) is 22.1 Å². The fourth-order valence-electron chi connectivity index (χ4n) is 3.23. The lowest BCUT2D eigenvalue weighted by atomic mass is 9.98. The first kappa shape index (κ1) is 22.0. The van der Waals surface area contributed by atoms with Crippen LogP contribution in [0.1, 0.15) is 28.9 Å². The molecule has 30 heavy (non-hydrogen) atoms. The Hall–Kier alpha value is -2.66. The number of nitrogens with zero attached hydrogens (tertiary/aromatic N) is 1. The maximum atomic E-state index is 13.2. The molecule has 0 unspecified atom stereocenters. The Morgan fingerprint density at radius 2 is 1.77 bits per heavy atom. The number of ether oxygens (including phenoxy) is 1. The molecule has 1 fully saturated rings. The van der Waals surface area contributed by atoms with Crippen LogP contribution in [-0.2, 0) is 25.7 Å². The van der Waals surface area contributed by atoms with E-state index in [1.165, 1.54) is 12.1 Å². The number of esters is 1. The minimum absolute atomic E-state index is 0.0863. The van der Waals surface area contributed by atoms with E-state index in [0.717, 1.165) is 22.5 Å². The Bertz CT molecular complexity index is 1010. The van der Waals surface area contributed by atoms with Gasteiger partial charge in [-0.25, -0.2) is 8.42 Å². The molecule has 1 aliphatic rings. The lowest BCUT2D eigenvalue weighted by Gasteiger charge is -2.30. The van der Waals surface area contributed by atoms with Crippen LogP contribution in [-0.4, -0.2) is 49.2 Å². The molecular weight excluding hydrogens is 425 g/mol. The highest BCUT2D eigenvalue weighted by Gasteiger charge is 2.40.